The second-order valence-electron chi connectivity index (χ2n) is 6.15. The van der Waals surface area contributed by atoms with Gasteiger partial charge in [-0.2, -0.15) is 0 Å². The molecule has 5 heteroatoms. The number of amides is 1. The lowest BCUT2D eigenvalue weighted by Crippen LogP contribution is -2.43. The smallest absolute Gasteiger partial charge is 0.310 e. The standard InChI is InChI=1S/C14H24N2O3/c15-10-3-5-11(6-4-10)16-12(17)9-14(13(18)19)7-1-2-8-14/h10-11H,1-9,15H2,(H,16,17)(H,18,19). The minimum absolute atomic E-state index is 0.107. The van der Waals surface area contributed by atoms with E-state index in [2.05, 4.69) is 5.32 Å². The number of nitrogens with one attached hydrogen (secondary N) is 1. The molecular formula is C14H24N2O3. The van der Waals surface area contributed by atoms with Crippen LogP contribution in [0, 0.1) is 5.41 Å². The molecule has 0 aromatic carbocycles. The summed E-state index contributed by atoms with van der Waals surface area (Å²) in [6.45, 7) is 0. The molecule has 0 bridgehead atoms. The van der Waals surface area contributed by atoms with Gasteiger partial charge in [0.05, 0.1) is 5.41 Å². The first-order chi connectivity index (χ1) is 9.02. The highest BCUT2D eigenvalue weighted by atomic mass is 16.4. The quantitative estimate of drug-likeness (QED) is 0.718. The van der Waals surface area contributed by atoms with Crippen molar-refractivity contribution in [1.82, 2.24) is 5.32 Å². The normalized spacial score (nSPS) is 29.9. The molecule has 2 saturated carbocycles. The van der Waals surface area contributed by atoms with Gasteiger partial charge in [-0.05, 0) is 38.5 Å². The fraction of sp³-hybridized carbons (Fsp3) is 0.857. The van der Waals surface area contributed by atoms with E-state index in [4.69, 9.17) is 5.73 Å². The van der Waals surface area contributed by atoms with Crippen LogP contribution in [0.4, 0.5) is 0 Å². The zero-order chi connectivity index (χ0) is 13.9. The van der Waals surface area contributed by atoms with Crippen molar-refractivity contribution in [3.63, 3.8) is 0 Å². The summed E-state index contributed by atoms with van der Waals surface area (Å²) < 4.78 is 0. The van der Waals surface area contributed by atoms with Crippen LogP contribution in [-0.4, -0.2) is 29.1 Å². The van der Waals surface area contributed by atoms with Crippen molar-refractivity contribution in [2.45, 2.75) is 69.9 Å². The Morgan fingerprint density at radius 1 is 1.16 bits per heavy atom. The Morgan fingerprint density at radius 2 is 1.74 bits per heavy atom. The fourth-order valence-corrected chi connectivity index (χ4v) is 3.37. The Labute approximate surface area is 113 Å². The minimum Gasteiger partial charge on any atom is -0.481 e. The highest BCUT2D eigenvalue weighted by molar-refractivity contribution is 5.85. The molecule has 0 aromatic rings. The molecule has 0 aliphatic heterocycles. The van der Waals surface area contributed by atoms with E-state index in [1.807, 2.05) is 0 Å². The lowest BCUT2D eigenvalue weighted by Gasteiger charge is -2.29. The maximum atomic E-state index is 12.1. The van der Waals surface area contributed by atoms with Crippen molar-refractivity contribution in [3.05, 3.63) is 0 Å². The molecule has 4 N–H and O–H groups in total. The lowest BCUT2D eigenvalue weighted by molar-refractivity contribution is -0.151. The van der Waals surface area contributed by atoms with Gasteiger partial charge in [-0.3, -0.25) is 9.59 Å². The summed E-state index contributed by atoms with van der Waals surface area (Å²) in [5.74, 6) is -0.921. The molecule has 2 aliphatic carbocycles. The van der Waals surface area contributed by atoms with E-state index in [1.54, 1.807) is 0 Å². The van der Waals surface area contributed by atoms with Crippen LogP contribution in [0.3, 0.4) is 0 Å². The number of carboxylic acid groups (broad SMARTS) is 1. The van der Waals surface area contributed by atoms with Crippen LogP contribution in [-0.2, 0) is 9.59 Å². The van der Waals surface area contributed by atoms with Gasteiger partial charge in [-0.1, -0.05) is 12.8 Å². The van der Waals surface area contributed by atoms with Gasteiger partial charge in [0.15, 0.2) is 0 Å². The molecule has 0 atom stereocenters. The third-order valence-corrected chi connectivity index (χ3v) is 4.65. The average Bonchev–Trinajstić information content (AvgIpc) is 2.82. The van der Waals surface area contributed by atoms with Crippen LogP contribution < -0.4 is 11.1 Å². The van der Waals surface area contributed by atoms with Crippen LogP contribution in [0.2, 0.25) is 0 Å². The third kappa shape index (κ3) is 3.47. The zero-order valence-electron chi connectivity index (χ0n) is 11.4. The van der Waals surface area contributed by atoms with E-state index in [0.29, 0.717) is 12.8 Å². The first-order valence-corrected chi connectivity index (χ1v) is 7.30. The molecule has 0 radical (unpaired) electrons. The minimum atomic E-state index is -0.814. The second-order valence-corrected chi connectivity index (χ2v) is 6.15. The molecule has 0 unspecified atom stereocenters. The summed E-state index contributed by atoms with van der Waals surface area (Å²) in [5, 5.41) is 12.3. The average molecular weight is 268 g/mol. The monoisotopic (exact) mass is 268 g/mol. The van der Waals surface area contributed by atoms with Crippen molar-refractivity contribution >= 4 is 11.9 Å². The number of rotatable bonds is 4. The van der Waals surface area contributed by atoms with E-state index < -0.39 is 11.4 Å². The highest BCUT2D eigenvalue weighted by Crippen LogP contribution is 2.41. The van der Waals surface area contributed by atoms with Gasteiger partial charge in [0.25, 0.3) is 0 Å². The predicted molar refractivity (Wildman–Crippen MR) is 71.5 cm³/mol. The van der Waals surface area contributed by atoms with Crippen LogP contribution in [0.1, 0.15) is 57.8 Å². The summed E-state index contributed by atoms with van der Waals surface area (Å²) in [6, 6.07) is 0.438. The number of carbonyl (C=O) groups excluding carboxylic acids is 1. The van der Waals surface area contributed by atoms with Gasteiger partial charge in [0, 0.05) is 18.5 Å². The molecule has 19 heavy (non-hydrogen) atoms. The third-order valence-electron chi connectivity index (χ3n) is 4.65. The largest absolute Gasteiger partial charge is 0.481 e. The molecule has 2 aliphatic rings. The number of carbonyl (C=O) groups is 2. The molecule has 2 fully saturated rings. The van der Waals surface area contributed by atoms with Crippen LogP contribution >= 0.6 is 0 Å². The molecule has 5 nitrogen and oxygen atoms in total. The summed E-state index contributed by atoms with van der Waals surface area (Å²) in [7, 11) is 0. The van der Waals surface area contributed by atoms with Gasteiger partial charge in [0.2, 0.25) is 5.91 Å². The fourth-order valence-electron chi connectivity index (χ4n) is 3.37. The second kappa shape index (κ2) is 5.90. The van der Waals surface area contributed by atoms with Crippen LogP contribution in [0.5, 0.6) is 0 Å². The summed E-state index contributed by atoms with van der Waals surface area (Å²) in [5.41, 5.74) is 5.02. The van der Waals surface area contributed by atoms with E-state index in [1.165, 1.54) is 0 Å². The van der Waals surface area contributed by atoms with Gasteiger partial charge >= 0.3 is 5.97 Å². The van der Waals surface area contributed by atoms with E-state index in [9.17, 15) is 14.7 Å². The number of hydrogen-bond acceptors (Lipinski definition) is 3. The predicted octanol–water partition coefficient (Wildman–Crippen LogP) is 1.41. The Morgan fingerprint density at radius 3 is 2.26 bits per heavy atom. The maximum Gasteiger partial charge on any atom is 0.310 e. The van der Waals surface area contributed by atoms with Crippen molar-refractivity contribution in [2.24, 2.45) is 11.1 Å². The number of aliphatic carboxylic acids is 1. The van der Waals surface area contributed by atoms with Gasteiger partial charge < -0.3 is 16.2 Å². The van der Waals surface area contributed by atoms with E-state index >= 15 is 0 Å². The first kappa shape index (κ1) is 14.3. The first-order valence-electron chi connectivity index (χ1n) is 7.30. The van der Waals surface area contributed by atoms with Crippen molar-refractivity contribution in [1.29, 1.82) is 0 Å². The van der Waals surface area contributed by atoms with Crippen LogP contribution in [0.25, 0.3) is 0 Å². The van der Waals surface area contributed by atoms with Gasteiger partial charge in [-0.25, -0.2) is 0 Å². The lowest BCUT2D eigenvalue weighted by atomic mass is 9.82. The Kier molecular flexibility index (Phi) is 4.45. The van der Waals surface area contributed by atoms with Crippen LogP contribution in [0.15, 0.2) is 0 Å². The molecular weight excluding hydrogens is 244 g/mol. The molecule has 0 aromatic heterocycles. The molecule has 1 amide bonds. The SMILES string of the molecule is NC1CCC(NC(=O)CC2(C(=O)O)CCCC2)CC1. The molecule has 108 valence electrons. The van der Waals surface area contributed by atoms with Crippen molar-refractivity contribution in [3.8, 4) is 0 Å². The Hall–Kier alpha value is -1.10. The number of nitrogens with two attached hydrogens (primary N) is 1. The topological polar surface area (TPSA) is 92.4 Å². The van der Waals surface area contributed by atoms with E-state index in [0.717, 1.165) is 38.5 Å². The highest BCUT2D eigenvalue weighted by Gasteiger charge is 2.43. The van der Waals surface area contributed by atoms with Gasteiger partial charge in [-0.15, -0.1) is 0 Å². The van der Waals surface area contributed by atoms with Gasteiger partial charge in [0.1, 0.15) is 0 Å². The van der Waals surface area contributed by atoms with Crippen molar-refractivity contribution in [2.75, 3.05) is 0 Å². The van der Waals surface area contributed by atoms with E-state index in [-0.39, 0.29) is 24.4 Å². The summed E-state index contributed by atoms with van der Waals surface area (Å²) in [6.07, 6.45) is 6.92. The molecule has 0 spiro atoms. The molecule has 2 rings (SSSR count). The summed E-state index contributed by atoms with van der Waals surface area (Å²) in [4.78, 5) is 23.5. The Bertz CT molecular complexity index is 343. The number of hydrogen-bond donors (Lipinski definition) is 3. The van der Waals surface area contributed by atoms with Crippen molar-refractivity contribution < 1.29 is 14.7 Å². The summed E-state index contributed by atoms with van der Waals surface area (Å²) >= 11 is 0. The molecule has 0 saturated heterocycles. The maximum absolute atomic E-state index is 12.1. The number of carboxylic acids is 1. The Balaban J connectivity index is 1.85. The molecule has 0 heterocycles. The zero-order valence-corrected chi connectivity index (χ0v) is 11.4.